The fraction of sp³-hybridized carbons (Fsp3) is 0.526. The first-order chi connectivity index (χ1) is 12.5. The van der Waals surface area contributed by atoms with Gasteiger partial charge in [-0.25, -0.2) is 4.98 Å². The molecular weight excluding hydrogens is 352 g/mol. The second-order valence-electron chi connectivity index (χ2n) is 7.01. The molecule has 2 N–H and O–H groups in total. The number of hydrogen-bond acceptors (Lipinski definition) is 4. The second-order valence-corrected chi connectivity index (χ2v) is 7.45. The molecular formula is C19H25ClN4O2. The average Bonchev–Trinajstić information content (AvgIpc) is 2.60. The minimum absolute atomic E-state index is 0.0272. The quantitative estimate of drug-likeness (QED) is 0.841. The third-order valence-corrected chi connectivity index (χ3v) is 5.07. The zero-order valence-corrected chi connectivity index (χ0v) is 16.0. The first kappa shape index (κ1) is 18.9. The number of carbonyl (C=O) groups is 1. The van der Waals surface area contributed by atoms with Crippen molar-refractivity contribution in [3.63, 3.8) is 0 Å². The lowest BCUT2D eigenvalue weighted by atomic mass is 9.92. The summed E-state index contributed by atoms with van der Waals surface area (Å²) in [5.41, 5.74) is 0.344. The molecule has 1 fully saturated rings. The van der Waals surface area contributed by atoms with E-state index >= 15 is 0 Å². The van der Waals surface area contributed by atoms with Crippen LogP contribution in [0.25, 0.3) is 10.9 Å². The molecule has 26 heavy (non-hydrogen) atoms. The van der Waals surface area contributed by atoms with Gasteiger partial charge in [-0.3, -0.25) is 9.59 Å². The molecule has 7 heteroatoms. The molecule has 0 bridgehead atoms. The summed E-state index contributed by atoms with van der Waals surface area (Å²) in [6.07, 6.45) is 2.55. The molecule has 6 nitrogen and oxygen atoms in total. The van der Waals surface area contributed by atoms with E-state index in [9.17, 15) is 9.59 Å². The van der Waals surface area contributed by atoms with Crippen LogP contribution in [0.4, 0.5) is 0 Å². The van der Waals surface area contributed by atoms with E-state index in [0.717, 1.165) is 25.8 Å². The molecule has 0 radical (unpaired) electrons. The second kappa shape index (κ2) is 8.18. The van der Waals surface area contributed by atoms with Crippen molar-refractivity contribution < 1.29 is 4.79 Å². The van der Waals surface area contributed by atoms with Gasteiger partial charge in [0.1, 0.15) is 5.82 Å². The van der Waals surface area contributed by atoms with Crippen molar-refractivity contribution in [2.75, 3.05) is 13.1 Å². The van der Waals surface area contributed by atoms with E-state index in [0.29, 0.717) is 40.9 Å². The van der Waals surface area contributed by atoms with Crippen molar-refractivity contribution >= 4 is 28.4 Å². The van der Waals surface area contributed by atoms with Gasteiger partial charge in [0.15, 0.2) is 0 Å². The number of H-pyrrole nitrogens is 1. The van der Waals surface area contributed by atoms with Crippen LogP contribution in [0.3, 0.4) is 0 Å². The lowest BCUT2D eigenvalue weighted by Crippen LogP contribution is -2.44. The highest BCUT2D eigenvalue weighted by Crippen LogP contribution is 2.20. The van der Waals surface area contributed by atoms with Gasteiger partial charge in [-0.15, -0.1) is 0 Å². The van der Waals surface area contributed by atoms with E-state index in [4.69, 9.17) is 11.6 Å². The normalized spacial score (nSPS) is 20.3. The number of aromatic nitrogens is 2. The summed E-state index contributed by atoms with van der Waals surface area (Å²) in [5, 5.41) is 4.41. The smallest absolute Gasteiger partial charge is 0.258 e. The summed E-state index contributed by atoms with van der Waals surface area (Å²) >= 11 is 6.02. The maximum absolute atomic E-state index is 13.0. The van der Waals surface area contributed by atoms with E-state index in [-0.39, 0.29) is 17.4 Å². The fourth-order valence-electron chi connectivity index (χ4n) is 3.57. The number of piperidine rings is 1. The first-order valence-electron chi connectivity index (χ1n) is 9.18. The maximum atomic E-state index is 13.0. The van der Waals surface area contributed by atoms with E-state index in [1.54, 1.807) is 18.2 Å². The summed E-state index contributed by atoms with van der Waals surface area (Å²) < 4.78 is 0. The molecule has 1 amide bonds. The lowest BCUT2D eigenvalue weighted by molar-refractivity contribution is -0.137. The summed E-state index contributed by atoms with van der Waals surface area (Å²) in [6, 6.07) is 5.36. The summed E-state index contributed by atoms with van der Waals surface area (Å²) in [6.45, 7) is 5.97. The van der Waals surface area contributed by atoms with E-state index in [1.165, 1.54) is 0 Å². The number of hydrogen-bond donors (Lipinski definition) is 2. The molecule has 140 valence electrons. The van der Waals surface area contributed by atoms with Gasteiger partial charge in [0.05, 0.1) is 17.4 Å². The Hall–Kier alpha value is -1.92. The number of carbonyl (C=O) groups excluding carboxylic acids is 1. The Balaban J connectivity index is 1.84. The van der Waals surface area contributed by atoms with Gasteiger partial charge in [-0.1, -0.05) is 18.5 Å². The van der Waals surface area contributed by atoms with E-state index in [2.05, 4.69) is 22.2 Å². The Labute approximate surface area is 157 Å². The van der Waals surface area contributed by atoms with Gasteiger partial charge in [-0.2, -0.15) is 0 Å². The minimum atomic E-state index is -0.207. The molecule has 1 saturated heterocycles. The number of nitrogens with one attached hydrogen (secondary N) is 2. The molecule has 1 aromatic heterocycles. The molecule has 0 unspecified atom stereocenters. The highest BCUT2D eigenvalue weighted by atomic mass is 35.5. The minimum Gasteiger partial charge on any atom is -0.335 e. The Kier molecular flexibility index (Phi) is 5.94. The average molecular weight is 377 g/mol. The van der Waals surface area contributed by atoms with Gasteiger partial charge < -0.3 is 15.2 Å². The summed E-state index contributed by atoms with van der Waals surface area (Å²) in [4.78, 5) is 34.5. The standard InChI is InChI=1S/C19H25ClN4O2/c1-3-8-24(19(26)13-6-7-21-12(2)9-13)11-17-22-16-10-14(20)4-5-15(16)18(25)23-17/h4-5,10,12-13,21H,3,6-9,11H2,1-2H3,(H,22,23,25)/t12-,13-/m0/s1. The number of halogens is 1. The predicted molar refractivity (Wildman–Crippen MR) is 103 cm³/mol. The fourth-order valence-corrected chi connectivity index (χ4v) is 3.73. The van der Waals surface area contributed by atoms with Crippen LogP contribution in [0, 0.1) is 5.92 Å². The van der Waals surface area contributed by atoms with Crippen molar-refractivity contribution in [3.8, 4) is 0 Å². The van der Waals surface area contributed by atoms with Gasteiger partial charge in [0, 0.05) is 23.5 Å². The van der Waals surface area contributed by atoms with Crippen LogP contribution in [-0.4, -0.2) is 39.9 Å². The molecule has 0 aliphatic carbocycles. The Morgan fingerprint density at radius 2 is 2.23 bits per heavy atom. The molecule has 0 saturated carbocycles. The molecule has 1 aliphatic heterocycles. The zero-order valence-electron chi connectivity index (χ0n) is 15.2. The van der Waals surface area contributed by atoms with Gasteiger partial charge in [0.25, 0.3) is 5.56 Å². The molecule has 3 rings (SSSR count). The van der Waals surface area contributed by atoms with Crippen LogP contribution in [0.5, 0.6) is 0 Å². The van der Waals surface area contributed by atoms with Crippen LogP contribution in [0.15, 0.2) is 23.0 Å². The highest BCUT2D eigenvalue weighted by molar-refractivity contribution is 6.31. The van der Waals surface area contributed by atoms with Crippen molar-refractivity contribution in [3.05, 3.63) is 39.4 Å². The Bertz CT molecular complexity index is 851. The number of fused-ring (bicyclic) bond motifs is 1. The number of aromatic amines is 1. The number of benzene rings is 1. The van der Waals surface area contributed by atoms with Crippen LogP contribution < -0.4 is 10.9 Å². The summed E-state index contributed by atoms with van der Waals surface area (Å²) in [5.74, 6) is 0.669. The maximum Gasteiger partial charge on any atom is 0.258 e. The molecule has 2 aromatic rings. The van der Waals surface area contributed by atoms with Crippen molar-refractivity contribution in [2.24, 2.45) is 5.92 Å². The topological polar surface area (TPSA) is 78.1 Å². The number of rotatable bonds is 5. The lowest BCUT2D eigenvalue weighted by Gasteiger charge is -2.32. The third kappa shape index (κ3) is 4.24. The van der Waals surface area contributed by atoms with Crippen LogP contribution in [0.1, 0.15) is 38.9 Å². The van der Waals surface area contributed by atoms with Gasteiger partial charge in [0.2, 0.25) is 5.91 Å². The van der Waals surface area contributed by atoms with Gasteiger partial charge >= 0.3 is 0 Å². The largest absolute Gasteiger partial charge is 0.335 e. The van der Waals surface area contributed by atoms with E-state index in [1.807, 2.05) is 11.8 Å². The number of nitrogens with zero attached hydrogens (tertiary/aromatic N) is 2. The van der Waals surface area contributed by atoms with Crippen LogP contribution >= 0.6 is 11.6 Å². The Morgan fingerprint density at radius 3 is 2.96 bits per heavy atom. The SMILES string of the molecule is CCCN(Cc1nc2cc(Cl)ccc2c(=O)[nH]1)C(=O)[C@H]1CCN[C@@H](C)C1. The molecule has 1 aromatic carbocycles. The van der Waals surface area contributed by atoms with Crippen molar-refractivity contribution in [1.29, 1.82) is 0 Å². The molecule has 0 spiro atoms. The molecule has 2 atom stereocenters. The van der Waals surface area contributed by atoms with Crippen LogP contribution in [-0.2, 0) is 11.3 Å². The first-order valence-corrected chi connectivity index (χ1v) is 9.56. The van der Waals surface area contributed by atoms with Crippen molar-refractivity contribution in [1.82, 2.24) is 20.2 Å². The van der Waals surface area contributed by atoms with E-state index < -0.39 is 0 Å². The summed E-state index contributed by atoms with van der Waals surface area (Å²) in [7, 11) is 0. The monoisotopic (exact) mass is 376 g/mol. The number of amides is 1. The molecule has 2 heterocycles. The third-order valence-electron chi connectivity index (χ3n) is 4.84. The Morgan fingerprint density at radius 1 is 1.42 bits per heavy atom. The highest BCUT2D eigenvalue weighted by Gasteiger charge is 2.28. The predicted octanol–water partition coefficient (Wildman–Crippen LogP) is 2.70. The van der Waals surface area contributed by atoms with Crippen LogP contribution in [0.2, 0.25) is 5.02 Å². The van der Waals surface area contributed by atoms with Gasteiger partial charge in [-0.05, 0) is 50.9 Å². The zero-order chi connectivity index (χ0) is 18.7. The van der Waals surface area contributed by atoms with Crippen molar-refractivity contribution in [2.45, 2.75) is 45.7 Å². The molecule has 1 aliphatic rings.